The first-order valence-corrected chi connectivity index (χ1v) is 4.45. The Balaban J connectivity index is 2.94. The molecule has 0 fully saturated rings. The molecule has 2 aromatic rings. The Morgan fingerprint density at radius 3 is 2.92 bits per heavy atom. The van der Waals surface area contributed by atoms with E-state index in [1.54, 1.807) is 6.33 Å². The van der Waals surface area contributed by atoms with Crippen LogP contribution in [0.25, 0.3) is 11.2 Å². The van der Waals surface area contributed by atoms with Crippen LogP contribution in [0.15, 0.2) is 10.8 Å². The Morgan fingerprint density at radius 1 is 1.42 bits per heavy atom. The average molecular weight is 226 g/mol. The molecule has 0 aliphatic carbocycles. The second kappa shape index (κ2) is 2.55. The van der Waals surface area contributed by atoms with E-state index in [9.17, 15) is 0 Å². The maximum absolute atomic E-state index is 4.31. The predicted molar refractivity (Wildman–Crippen MR) is 51.1 cm³/mol. The molecule has 0 saturated heterocycles. The van der Waals surface area contributed by atoms with Gasteiger partial charge in [-0.1, -0.05) is 0 Å². The number of nitrogens with zero attached hydrogens (tertiary/aromatic N) is 2. The van der Waals surface area contributed by atoms with Gasteiger partial charge in [0.05, 0.1) is 17.5 Å². The second-order valence-corrected chi connectivity index (χ2v) is 3.53. The Morgan fingerprint density at radius 2 is 2.17 bits per heavy atom. The van der Waals surface area contributed by atoms with E-state index >= 15 is 0 Å². The summed E-state index contributed by atoms with van der Waals surface area (Å²) >= 11 is 3.47. The van der Waals surface area contributed by atoms with Gasteiger partial charge in [-0.15, -0.1) is 0 Å². The summed E-state index contributed by atoms with van der Waals surface area (Å²) in [6.45, 7) is 4.00. The summed E-state index contributed by atoms with van der Waals surface area (Å²) in [7, 11) is 0. The van der Waals surface area contributed by atoms with Crippen molar-refractivity contribution in [3.8, 4) is 0 Å². The molecule has 62 valence electrons. The molecule has 0 saturated carbocycles. The van der Waals surface area contributed by atoms with Crippen LogP contribution in [-0.2, 0) is 0 Å². The van der Waals surface area contributed by atoms with Crippen molar-refractivity contribution in [1.29, 1.82) is 0 Å². The predicted octanol–water partition coefficient (Wildman–Crippen LogP) is 2.34. The Labute approximate surface area is 78.4 Å². The Kier molecular flexibility index (Phi) is 1.65. The van der Waals surface area contributed by atoms with Crippen molar-refractivity contribution in [3.05, 3.63) is 22.1 Å². The lowest BCUT2D eigenvalue weighted by Crippen LogP contribution is -1.89. The molecule has 0 unspecified atom stereocenters. The molecule has 0 spiro atoms. The molecule has 0 atom stereocenters. The van der Waals surface area contributed by atoms with Crippen LogP contribution in [0, 0.1) is 13.8 Å². The molecule has 0 bridgehead atoms. The van der Waals surface area contributed by atoms with E-state index in [0.717, 1.165) is 26.9 Å². The van der Waals surface area contributed by atoms with E-state index in [1.165, 1.54) is 0 Å². The van der Waals surface area contributed by atoms with Crippen LogP contribution >= 0.6 is 15.9 Å². The van der Waals surface area contributed by atoms with Crippen LogP contribution in [0.4, 0.5) is 0 Å². The maximum atomic E-state index is 4.31. The second-order valence-electron chi connectivity index (χ2n) is 2.74. The number of hydrogen-bond acceptors (Lipinski definition) is 2. The van der Waals surface area contributed by atoms with Crippen molar-refractivity contribution in [3.63, 3.8) is 0 Å². The van der Waals surface area contributed by atoms with Gasteiger partial charge < -0.3 is 4.98 Å². The third-order valence-electron chi connectivity index (χ3n) is 1.91. The number of aromatic amines is 1. The summed E-state index contributed by atoms with van der Waals surface area (Å²) in [4.78, 5) is 11.5. The largest absolute Gasteiger partial charge is 0.343 e. The molecule has 0 aliphatic heterocycles. The summed E-state index contributed by atoms with van der Waals surface area (Å²) in [5, 5.41) is 0. The summed E-state index contributed by atoms with van der Waals surface area (Å²) in [6.07, 6.45) is 1.66. The molecule has 0 radical (unpaired) electrons. The highest BCUT2D eigenvalue weighted by Gasteiger charge is 2.07. The number of imidazole rings is 1. The number of rotatable bonds is 0. The fourth-order valence-corrected chi connectivity index (χ4v) is 1.52. The van der Waals surface area contributed by atoms with Gasteiger partial charge in [-0.05, 0) is 35.3 Å². The molecule has 2 rings (SSSR count). The third kappa shape index (κ3) is 0.948. The molecule has 4 heteroatoms. The topological polar surface area (TPSA) is 41.6 Å². The Hall–Kier alpha value is -0.900. The molecular formula is C8H8BrN3. The number of aromatic nitrogens is 3. The highest BCUT2D eigenvalue weighted by Crippen LogP contribution is 2.24. The highest BCUT2D eigenvalue weighted by molar-refractivity contribution is 9.10. The van der Waals surface area contributed by atoms with E-state index in [1.807, 2.05) is 13.8 Å². The number of pyridine rings is 1. The number of H-pyrrole nitrogens is 1. The van der Waals surface area contributed by atoms with Gasteiger partial charge in [0.2, 0.25) is 0 Å². The summed E-state index contributed by atoms with van der Waals surface area (Å²) in [6, 6.07) is 0. The smallest absolute Gasteiger partial charge is 0.177 e. The number of halogens is 1. The van der Waals surface area contributed by atoms with Gasteiger partial charge in [-0.25, -0.2) is 9.97 Å². The van der Waals surface area contributed by atoms with Crippen molar-refractivity contribution in [1.82, 2.24) is 15.0 Å². The molecule has 3 nitrogen and oxygen atoms in total. The quantitative estimate of drug-likeness (QED) is 0.748. The van der Waals surface area contributed by atoms with Gasteiger partial charge in [0.25, 0.3) is 0 Å². The van der Waals surface area contributed by atoms with E-state index in [-0.39, 0.29) is 0 Å². The number of aryl methyl sites for hydroxylation is 2. The maximum Gasteiger partial charge on any atom is 0.177 e. The van der Waals surface area contributed by atoms with Crippen molar-refractivity contribution in [2.45, 2.75) is 13.8 Å². The van der Waals surface area contributed by atoms with Gasteiger partial charge in [0.1, 0.15) is 0 Å². The Bertz CT molecular complexity index is 433. The summed E-state index contributed by atoms with van der Waals surface area (Å²) < 4.78 is 1.05. The van der Waals surface area contributed by atoms with Crippen LogP contribution in [0.2, 0.25) is 0 Å². The normalized spacial score (nSPS) is 10.9. The van der Waals surface area contributed by atoms with E-state index < -0.39 is 0 Å². The first kappa shape index (κ1) is 7.73. The van der Waals surface area contributed by atoms with E-state index in [4.69, 9.17) is 0 Å². The molecule has 2 heterocycles. The van der Waals surface area contributed by atoms with Gasteiger partial charge in [0.15, 0.2) is 5.65 Å². The first-order chi connectivity index (χ1) is 5.70. The lowest BCUT2D eigenvalue weighted by molar-refractivity contribution is 1.18. The molecule has 12 heavy (non-hydrogen) atoms. The molecule has 2 aromatic heterocycles. The van der Waals surface area contributed by atoms with Crippen LogP contribution in [-0.4, -0.2) is 15.0 Å². The van der Waals surface area contributed by atoms with Crippen molar-refractivity contribution >= 4 is 27.1 Å². The standard InChI is InChI=1S/C8H8BrN3/c1-4-6(9)5(2)12-8-7(4)10-3-11-8/h3H,1-2H3,(H,10,11,12). The van der Waals surface area contributed by atoms with Crippen molar-refractivity contribution in [2.24, 2.45) is 0 Å². The minimum absolute atomic E-state index is 0.785. The molecular weight excluding hydrogens is 218 g/mol. The fourth-order valence-electron chi connectivity index (χ4n) is 1.24. The number of nitrogens with one attached hydrogen (secondary N) is 1. The lowest BCUT2D eigenvalue weighted by atomic mass is 10.2. The van der Waals surface area contributed by atoms with Crippen LogP contribution < -0.4 is 0 Å². The molecule has 0 aliphatic rings. The van der Waals surface area contributed by atoms with Crippen LogP contribution in [0.3, 0.4) is 0 Å². The minimum atomic E-state index is 0.785. The monoisotopic (exact) mass is 225 g/mol. The van der Waals surface area contributed by atoms with E-state index in [2.05, 4.69) is 30.9 Å². The van der Waals surface area contributed by atoms with E-state index in [0.29, 0.717) is 0 Å². The fraction of sp³-hybridized carbons (Fsp3) is 0.250. The zero-order valence-electron chi connectivity index (χ0n) is 6.85. The van der Waals surface area contributed by atoms with Gasteiger partial charge in [-0.2, -0.15) is 0 Å². The van der Waals surface area contributed by atoms with Gasteiger partial charge in [0, 0.05) is 4.47 Å². The van der Waals surface area contributed by atoms with Crippen LogP contribution in [0.1, 0.15) is 11.3 Å². The minimum Gasteiger partial charge on any atom is -0.343 e. The first-order valence-electron chi connectivity index (χ1n) is 3.66. The van der Waals surface area contributed by atoms with Gasteiger partial charge >= 0.3 is 0 Å². The summed E-state index contributed by atoms with van der Waals surface area (Å²) in [5.41, 5.74) is 3.93. The average Bonchev–Trinajstić information content (AvgIpc) is 2.48. The zero-order valence-corrected chi connectivity index (χ0v) is 8.44. The molecule has 1 N–H and O–H groups in total. The molecule has 0 aromatic carbocycles. The van der Waals surface area contributed by atoms with Crippen LogP contribution in [0.5, 0.6) is 0 Å². The van der Waals surface area contributed by atoms with Crippen molar-refractivity contribution < 1.29 is 0 Å². The summed E-state index contributed by atoms with van der Waals surface area (Å²) in [5.74, 6) is 0. The third-order valence-corrected chi connectivity index (χ3v) is 3.08. The van der Waals surface area contributed by atoms with Crippen molar-refractivity contribution in [2.75, 3.05) is 0 Å². The number of hydrogen-bond donors (Lipinski definition) is 1. The number of fused-ring (bicyclic) bond motifs is 1. The molecule has 0 amide bonds. The lowest BCUT2D eigenvalue weighted by Gasteiger charge is -2.01. The SMILES string of the molecule is Cc1nc2nc[nH]c2c(C)c1Br. The van der Waals surface area contributed by atoms with Gasteiger partial charge in [-0.3, -0.25) is 0 Å². The highest BCUT2D eigenvalue weighted by atomic mass is 79.9. The zero-order chi connectivity index (χ0) is 8.72.